The van der Waals surface area contributed by atoms with Gasteiger partial charge in [-0.3, -0.25) is 9.78 Å². The number of amides is 1. The number of benzene rings is 1. The van der Waals surface area contributed by atoms with Gasteiger partial charge in [0.25, 0.3) is 0 Å². The van der Waals surface area contributed by atoms with Crippen molar-refractivity contribution in [2.75, 3.05) is 11.9 Å². The minimum absolute atomic E-state index is 0. The second-order valence-electron chi connectivity index (χ2n) is 7.75. The number of hydrogen-bond acceptors (Lipinski definition) is 5. The van der Waals surface area contributed by atoms with Gasteiger partial charge in [-0.2, -0.15) is 13.2 Å². The van der Waals surface area contributed by atoms with E-state index in [-0.39, 0.29) is 29.8 Å². The molecule has 1 aromatic carbocycles. The molecule has 5 rings (SSSR count). The van der Waals surface area contributed by atoms with E-state index in [4.69, 9.17) is 0 Å². The van der Waals surface area contributed by atoms with Crippen molar-refractivity contribution < 1.29 is 18.0 Å². The van der Waals surface area contributed by atoms with Crippen LogP contribution in [0.15, 0.2) is 42.9 Å². The number of alkyl halides is 3. The van der Waals surface area contributed by atoms with E-state index in [2.05, 4.69) is 25.6 Å². The largest absolute Gasteiger partial charge is 0.416 e. The number of carbonyl (C=O) groups excluding carboxylic acids is 1. The maximum absolute atomic E-state index is 12.9. The van der Waals surface area contributed by atoms with Crippen LogP contribution in [0.4, 0.5) is 19.0 Å². The van der Waals surface area contributed by atoms with Gasteiger partial charge in [-0.05, 0) is 37.0 Å². The summed E-state index contributed by atoms with van der Waals surface area (Å²) in [6, 6.07) is 4.86. The van der Waals surface area contributed by atoms with Crippen LogP contribution in [0.5, 0.6) is 0 Å². The molecule has 1 amide bonds. The third kappa shape index (κ3) is 3.67. The summed E-state index contributed by atoms with van der Waals surface area (Å²) in [7, 11) is 0. The van der Waals surface area contributed by atoms with E-state index in [0.717, 1.165) is 31.4 Å². The van der Waals surface area contributed by atoms with Gasteiger partial charge < -0.3 is 10.6 Å². The maximum atomic E-state index is 12.9. The monoisotopic (exact) mass is 449 g/mol. The van der Waals surface area contributed by atoms with Gasteiger partial charge in [0.05, 0.1) is 11.0 Å². The number of fused-ring (bicyclic) bond motifs is 1. The minimum Gasteiger partial charge on any atom is -0.364 e. The standard InChI is InChI=1S/C21H18F3N5O.ClH/c22-21(23,24)13-3-1-12(2-4-13)14-11-28-18(17-16(14)25-9-10-26-17)29-15-5-8-27-19(30)20(15)6-7-20;/h1-4,9-11,15H,5-8H2,(H,27,30)(H,28,29);1H/t15-;/m0./s1. The predicted molar refractivity (Wildman–Crippen MR) is 112 cm³/mol. The van der Waals surface area contributed by atoms with E-state index in [9.17, 15) is 18.0 Å². The molecular weight excluding hydrogens is 431 g/mol. The molecule has 2 aromatic heterocycles. The zero-order valence-corrected chi connectivity index (χ0v) is 17.1. The second kappa shape index (κ2) is 7.64. The highest BCUT2D eigenvalue weighted by Gasteiger charge is 2.57. The van der Waals surface area contributed by atoms with Crippen LogP contribution in [0.1, 0.15) is 24.8 Å². The van der Waals surface area contributed by atoms with E-state index in [0.29, 0.717) is 34.5 Å². The summed E-state index contributed by atoms with van der Waals surface area (Å²) in [5.74, 6) is 0.600. The van der Waals surface area contributed by atoms with Crippen molar-refractivity contribution >= 4 is 35.2 Å². The molecule has 0 radical (unpaired) electrons. The van der Waals surface area contributed by atoms with E-state index < -0.39 is 11.7 Å². The third-order valence-corrected chi connectivity index (χ3v) is 5.96. The summed E-state index contributed by atoms with van der Waals surface area (Å²) in [5.41, 5.74) is 1.14. The zero-order chi connectivity index (χ0) is 20.9. The van der Waals surface area contributed by atoms with E-state index in [1.165, 1.54) is 18.3 Å². The Labute approximate surface area is 182 Å². The average molecular weight is 450 g/mol. The molecule has 2 aliphatic rings. The quantitative estimate of drug-likeness (QED) is 0.626. The van der Waals surface area contributed by atoms with Gasteiger partial charge in [-0.15, -0.1) is 12.4 Å². The molecule has 162 valence electrons. The lowest BCUT2D eigenvalue weighted by molar-refractivity contribution is -0.137. The molecule has 1 aliphatic heterocycles. The summed E-state index contributed by atoms with van der Waals surface area (Å²) in [6.45, 7) is 0.603. The number of hydrogen-bond donors (Lipinski definition) is 2. The van der Waals surface area contributed by atoms with Crippen molar-refractivity contribution in [3.05, 3.63) is 48.4 Å². The normalized spacial score (nSPS) is 19.6. The predicted octanol–water partition coefficient (Wildman–Crippen LogP) is 4.21. The third-order valence-electron chi connectivity index (χ3n) is 5.96. The first kappa shape index (κ1) is 21.3. The number of nitrogens with zero attached hydrogens (tertiary/aromatic N) is 3. The fraction of sp³-hybridized carbons (Fsp3) is 0.333. The van der Waals surface area contributed by atoms with Gasteiger partial charge in [0.2, 0.25) is 5.91 Å². The highest BCUT2D eigenvalue weighted by Crippen LogP contribution is 2.52. The molecule has 1 saturated heterocycles. The number of piperidine rings is 1. The Bertz CT molecular complexity index is 1130. The van der Waals surface area contributed by atoms with Gasteiger partial charge in [0.1, 0.15) is 11.0 Å². The van der Waals surface area contributed by atoms with Crippen LogP contribution < -0.4 is 10.6 Å². The number of nitrogens with one attached hydrogen (secondary N) is 2. The summed E-state index contributed by atoms with van der Waals surface area (Å²) in [4.78, 5) is 25.6. The molecule has 1 atom stereocenters. The number of halogens is 4. The van der Waals surface area contributed by atoms with Crippen LogP contribution >= 0.6 is 12.4 Å². The number of carbonyl (C=O) groups is 1. The van der Waals surface area contributed by atoms with Crippen molar-refractivity contribution in [2.24, 2.45) is 5.41 Å². The molecule has 31 heavy (non-hydrogen) atoms. The molecular formula is C21H19ClF3N5O. The van der Waals surface area contributed by atoms with Gasteiger partial charge >= 0.3 is 6.18 Å². The highest BCUT2D eigenvalue weighted by atomic mass is 35.5. The fourth-order valence-electron chi connectivity index (χ4n) is 4.14. The molecule has 0 bridgehead atoms. The van der Waals surface area contributed by atoms with Crippen molar-refractivity contribution in [3.8, 4) is 11.1 Å². The van der Waals surface area contributed by atoms with Gasteiger partial charge in [-0.1, -0.05) is 12.1 Å². The number of anilines is 1. The maximum Gasteiger partial charge on any atom is 0.416 e. The molecule has 2 fully saturated rings. The smallest absolute Gasteiger partial charge is 0.364 e. The molecule has 1 aliphatic carbocycles. The fourth-order valence-corrected chi connectivity index (χ4v) is 4.14. The van der Waals surface area contributed by atoms with Crippen LogP contribution in [0.2, 0.25) is 0 Å². The Morgan fingerprint density at radius 2 is 1.71 bits per heavy atom. The summed E-state index contributed by atoms with van der Waals surface area (Å²) < 4.78 is 38.6. The zero-order valence-electron chi connectivity index (χ0n) is 16.2. The first-order valence-corrected chi connectivity index (χ1v) is 9.71. The van der Waals surface area contributed by atoms with E-state index in [1.54, 1.807) is 12.4 Å². The molecule has 2 N–H and O–H groups in total. The molecule has 1 spiro atoms. The first-order valence-electron chi connectivity index (χ1n) is 9.71. The van der Waals surface area contributed by atoms with Crippen LogP contribution in [-0.4, -0.2) is 33.4 Å². The molecule has 0 unspecified atom stereocenters. The second-order valence-corrected chi connectivity index (χ2v) is 7.75. The Morgan fingerprint density at radius 1 is 1.03 bits per heavy atom. The van der Waals surface area contributed by atoms with Crippen molar-refractivity contribution in [3.63, 3.8) is 0 Å². The lowest BCUT2D eigenvalue weighted by atomic mass is 9.89. The SMILES string of the molecule is Cl.O=C1NCC[C@H](Nc2ncc(-c3ccc(C(F)(F)F)cc3)c3nccnc23)C12CC2. The van der Waals surface area contributed by atoms with Gasteiger partial charge in [0.15, 0.2) is 5.82 Å². The van der Waals surface area contributed by atoms with Crippen molar-refractivity contribution in [1.82, 2.24) is 20.3 Å². The summed E-state index contributed by atoms with van der Waals surface area (Å²) in [5, 5.41) is 6.32. The topological polar surface area (TPSA) is 79.8 Å². The lowest BCUT2D eigenvalue weighted by Gasteiger charge is -2.32. The Kier molecular flexibility index (Phi) is 5.25. The first-order chi connectivity index (χ1) is 14.4. The molecule has 3 aromatic rings. The van der Waals surface area contributed by atoms with Crippen LogP contribution in [-0.2, 0) is 11.0 Å². The Hall–Kier alpha value is -2.94. The number of pyridine rings is 1. The summed E-state index contributed by atoms with van der Waals surface area (Å²) in [6.07, 6.45) is 2.74. The van der Waals surface area contributed by atoms with E-state index >= 15 is 0 Å². The Balaban J connectivity index is 0.00000231. The van der Waals surface area contributed by atoms with Crippen LogP contribution in [0.3, 0.4) is 0 Å². The van der Waals surface area contributed by atoms with Crippen LogP contribution in [0, 0.1) is 5.41 Å². The summed E-state index contributed by atoms with van der Waals surface area (Å²) >= 11 is 0. The molecule has 1 saturated carbocycles. The molecule has 3 heterocycles. The Morgan fingerprint density at radius 3 is 2.35 bits per heavy atom. The molecule has 10 heteroatoms. The lowest BCUT2D eigenvalue weighted by Crippen LogP contribution is -2.49. The average Bonchev–Trinajstić information content (AvgIpc) is 3.53. The number of aromatic nitrogens is 3. The van der Waals surface area contributed by atoms with Crippen molar-refractivity contribution in [1.29, 1.82) is 0 Å². The van der Waals surface area contributed by atoms with Crippen molar-refractivity contribution in [2.45, 2.75) is 31.5 Å². The number of rotatable bonds is 3. The minimum atomic E-state index is -4.39. The molecule has 6 nitrogen and oxygen atoms in total. The highest BCUT2D eigenvalue weighted by molar-refractivity contribution is 5.97. The van der Waals surface area contributed by atoms with Gasteiger partial charge in [0, 0.05) is 36.7 Å². The van der Waals surface area contributed by atoms with Gasteiger partial charge in [-0.25, -0.2) is 9.97 Å². The van der Waals surface area contributed by atoms with Crippen LogP contribution in [0.25, 0.3) is 22.2 Å². The van der Waals surface area contributed by atoms with E-state index in [1.807, 2.05) is 0 Å².